The summed E-state index contributed by atoms with van der Waals surface area (Å²) < 4.78 is 11.2. The van der Waals surface area contributed by atoms with Gasteiger partial charge in [-0.2, -0.15) is 9.97 Å². The average molecular weight is 395 g/mol. The highest BCUT2D eigenvalue weighted by Gasteiger charge is 2.17. The van der Waals surface area contributed by atoms with Crippen molar-refractivity contribution in [2.24, 2.45) is 0 Å². The molecule has 6 nitrogen and oxygen atoms in total. The van der Waals surface area contributed by atoms with Gasteiger partial charge in [0.25, 0.3) is 0 Å². The van der Waals surface area contributed by atoms with Crippen LogP contribution in [0, 0.1) is 0 Å². The third-order valence-electron chi connectivity index (χ3n) is 4.84. The predicted octanol–water partition coefficient (Wildman–Crippen LogP) is 5.35. The maximum atomic E-state index is 10.5. The van der Waals surface area contributed by atoms with Gasteiger partial charge in [0, 0.05) is 0 Å². The van der Waals surface area contributed by atoms with Gasteiger partial charge in [0.1, 0.15) is 11.5 Å². The number of aromatic nitrogens is 3. The van der Waals surface area contributed by atoms with Crippen molar-refractivity contribution in [1.29, 1.82) is 0 Å². The monoisotopic (exact) mass is 395 g/mol. The van der Waals surface area contributed by atoms with Crippen LogP contribution in [-0.4, -0.2) is 27.2 Å². The molecule has 0 aliphatic rings. The zero-order valence-corrected chi connectivity index (χ0v) is 16.1. The molecular formula is C24H17N3O3. The first-order valence-electron chi connectivity index (χ1n) is 9.39. The van der Waals surface area contributed by atoms with E-state index in [0.717, 1.165) is 21.5 Å². The molecule has 0 spiro atoms. The summed E-state index contributed by atoms with van der Waals surface area (Å²) in [5.74, 6) is 0.931. The number of methoxy groups -OCH3 is 1. The summed E-state index contributed by atoms with van der Waals surface area (Å²) in [6.45, 7) is 0. The highest BCUT2D eigenvalue weighted by molar-refractivity contribution is 5.98. The zero-order valence-electron chi connectivity index (χ0n) is 16.1. The molecule has 0 radical (unpaired) electrons. The van der Waals surface area contributed by atoms with Gasteiger partial charge in [-0.05, 0) is 39.7 Å². The molecule has 30 heavy (non-hydrogen) atoms. The molecule has 0 saturated heterocycles. The minimum atomic E-state index is 0.0682. The molecule has 0 saturated carbocycles. The lowest BCUT2D eigenvalue weighted by Crippen LogP contribution is -2.01. The van der Waals surface area contributed by atoms with E-state index < -0.39 is 0 Å². The molecule has 0 aliphatic carbocycles. The van der Waals surface area contributed by atoms with Gasteiger partial charge in [-0.15, -0.1) is 4.98 Å². The Morgan fingerprint density at radius 2 is 1.40 bits per heavy atom. The molecule has 146 valence electrons. The fraction of sp³-hybridized carbons (Fsp3) is 0.0417. The second-order valence-electron chi connectivity index (χ2n) is 6.72. The van der Waals surface area contributed by atoms with E-state index in [1.54, 1.807) is 6.07 Å². The third-order valence-corrected chi connectivity index (χ3v) is 4.84. The van der Waals surface area contributed by atoms with E-state index in [1.165, 1.54) is 7.11 Å². The Labute approximate surface area is 172 Å². The molecule has 6 heteroatoms. The van der Waals surface area contributed by atoms with Gasteiger partial charge in [-0.25, -0.2) is 0 Å². The number of ether oxygens (including phenoxy) is 2. The highest BCUT2D eigenvalue weighted by atomic mass is 16.5. The van der Waals surface area contributed by atoms with E-state index in [9.17, 15) is 5.11 Å². The van der Waals surface area contributed by atoms with E-state index in [4.69, 9.17) is 9.47 Å². The lowest BCUT2D eigenvalue weighted by molar-refractivity contribution is 0.360. The molecule has 0 fully saturated rings. The quantitative estimate of drug-likeness (QED) is 0.442. The first-order chi connectivity index (χ1) is 14.7. The maximum absolute atomic E-state index is 10.5. The van der Waals surface area contributed by atoms with Crippen LogP contribution in [0.2, 0.25) is 0 Å². The van der Waals surface area contributed by atoms with Gasteiger partial charge in [-0.1, -0.05) is 60.7 Å². The van der Waals surface area contributed by atoms with Crippen LogP contribution >= 0.6 is 0 Å². The van der Waals surface area contributed by atoms with E-state index in [1.807, 2.05) is 72.8 Å². The van der Waals surface area contributed by atoms with Gasteiger partial charge < -0.3 is 14.6 Å². The van der Waals surface area contributed by atoms with Crippen LogP contribution < -0.4 is 9.47 Å². The number of phenols is 1. The summed E-state index contributed by atoms with van der Waals surface area (Å²) in [5, 5.41) is 14.5. The summed E-state index contributed by atoms with van der Waals surface area (Å²) in [6, 6.07) is 25.1. The number of phenolic OH excluding ortho intramolecular Hbond substituents is 1. The Morgan fingerprint density at radius 3 is 2.23 bits per heavy atom. The van der Waals surface area contributed by atoms with E-state index >= 15 is 0 Å². The van der Waals surface area contributed by atoms with E-state index in [-0.39, 0.29) is 23.6 Å². The SMILES string of the molecule is COc1nc(Oc2ccc3ccccc3c2)nc(-c2c(O)ccc3ccccc23)n1. The normalized spacial score (nSPS) is 11.0. The molecule has 0 unspecified atom stereocenters. The smallest absolute Gasteiger partial charge is 0.328 e. The topological polar surface area (TPSA) is 77.4 Å². The third kappa shape index (κ3) is 3.24. The highest BCUT2D eigenvalue weighted by Crippen LogP contribution is 2.36. The molecule has 0 aliphatic heterocycles. The van der Waals surface area contributed by atoms with Crippen molar-refractivity contribution in [1.82, 2.24) is 15.0 Å². The van der Waals surface area contributed by atoms with Crippen LogP contribution in [0.1, 0.15) is 0 Å². The first kappa shape index (κ1) is 17.9. The molecule has 1 heterocycles. The van der Waals surface area contributed by atoms with Crippen LogP contribution in [0.5, 0.6) is 23.5 Å². The Hall–Kier alpha value is -4.19. The molecule has 5 aromatic rings. The molecule has 1 N–H and O–H groups in total. The Bertz CT molecular complexity index is 1390. The molecule has 5 rings (SSSR count). The van der Waals surface area contributed by atoms with Crippen LogP contribution in [0.4, 0.5) is 0 Å². The number of hydrogen-bond donors (Lipinski definition) is 1. The van der Waals surface area contributed by atoms with Gasteiger partial charge in [0.15, 0.2) is 5.82 Å². The van der Waals surface area contributed by atoms with Gasteiger partial charge in [-0.3, -0.25) is 0 Å². The van der Waals surface area contributed by atoms with Crippen LogP contribution in [-0.2, 0) is 0 Å². The summed E-state index contributed by atoms with van der Waals surface area (Å²) in [5.41, 5.74) is 0.497. The number of hydrogen-bond acceptors (Lipinski definition) is 6. The van der Waals surface area contributed by atoms with Crippen molar-refractivity contribution in [3.05, 3.63) is 78.9 Å². The minimum Gasteiger partial charge on any atom is -0.507 e. The van der Waals surface area contributed by atoms with Crippen molar-refractivity contribution in [3.63, 3.8) is 0 Å². The standard InChI is InChI=1S/C24H17N3O3/c1-29-23-25-22(21-19-9-5-4-7-16(19)11-13-20(21)28)26-24(27-23)30-18-12-10-15-6-2-3-8-17(15)14-18/h2-14,28H,1H3. The van der Waals surface area contributed by atoms with Crippen LogP contribution in [0.15, 0.2) is 78.9 Å². The summed E-state index contributed by atoms with van der Waals surface area (Å²) in [4.78, 5) is 13.0. The molecule has 0 amide bonds. The number of rotatable bonds is 4. The molecular weight excluding hydrogens is 378 g/mol. The lowest BCUT2D eigenvalue weighted by atomic mass is 10.0. The van der Waals surface area contributed by atoms with Crippen LogP contribution in [0.25, 0.3) is 32.9 Å². The largest absolute Gasteiger partial charge is 0.507 e. The lowest BCUT2D eigenvalue weighted by Gasteiger charge is -2.11. The van der Waals surface area contributed by atoms with E-state index in [2.05, 4.69) is 15.0 Å². The van der Waals surface area contributed by atoms with Crippen molar-refractivity contribution < 1.29 is 14.6 Å². The molecule has 4 aromatic carbocycles. The van der Waals surface area contributed by atoms with Crippen molar-refractivity contribution in [2.75, 3.05) is 7.11 Å². The second-order valence-corrected chi connectivity index (χ2v) is 6.72. The fourth-order valence-corrected chi connectivity index (χ4v) is 3.42. The Morgan fingerprint density at radius 1 is 0.700 bits per heavy atom. The van der Waals surface area contributed by atoms with Gasteiger partial charge in [0.05, 0.1) is 12.7 Å². The van der Waals surface area contributed by atoms with Crippen molar-refractivity contribution in [3.8, 4) is 34.9 Å². The van der Waals surface area contributed by atoms with Gasteiger partial charge in [0.2, 0.25) is 0 Å². The summed E-state index contributed by atoms with van der Waals surface area (Å²) in [7, 11) is 1.47. The summed E-state index contributed by atoms with van der Waals surface area (Å²) in [6.07, 6.45) is 0. The summed E-state index contributed by atoms with van der Waals surface area (Å²) >= 11 is 0. The molecule has 1 aromatic heterocycles. The Kier molecular flexibility index (Phi) is 4.37. The van der Waals surface area contributed by atoms with Crippen LogP contribution in [0.3, 0.4) is 0 Å². The number of fused-ring (bicyclic) bond motifs is 2. The first-order valence-corrected chi connectivity index (χ1v) is 9.39. The number of benzene rings is 4. The zero-order chi connectivity index (χ0) is 20.5. The van der Waals surface area contributed by atoms with Crippen molar-refractivity contribution in [2.45, 2.75) is 0 Å². The average Bonchev–Trinajstić information content (AvgIpc) is 2.78. The van der Waals surface area contributed by atoms with Crippen molar-refractivity contribution >= 4 is 21.5 Å². The second kappa shape index (κ2) is 7.33. The van der Waals surface area contributed by atoms with E-state index in [0.29, 0.717) is 11.3 Å². The maximum Gasteiger partial charge on any atom is 0.328 e. The van der Waals surface area contributed by atoms with Gasteiger partial charge >= 0.3 is 12.0 Å². The predicted molar refractivity (Wildman–Crippen MR) is 115 cm³/mol. The molecule has 0 atom stereocenters. The minimum absolute atomic E-state index is 0.0682. The number of aromatic hydroxyl groups is 1. The Balaban J connectivity index is 1.62. The molecule has 0 bridgehead atoms. The fourth-order valence-electron chi connectivity index (χ4n) is 3.42. The number of nitrogens with zero attached hydrogens (tertiary/aromatic N) is 3.